The molecular weight excluding hydrogens is 443 g/mol. The van der Waals surface area contributed by atoms with Crippen molar-refractivity contribution in [3.63, 3.8) is 0 Å². The number of carbonyl (C=O) groups is 1. The molecule has 1 aliphatic rings. The molecule has 1 aromatic carbocycles. The molecule has 5 nitrogen and oxygen atoms in total. The molecule has 8 heteroatoms. The molecule has 132 valence electrons. The molecule has 1 aromatic rings. The molecule has 1 unspecified atom stereocenters. The number of esters is 1. The number of phenolic OH excluding ortho intramolecular Hbond substituents is 1. The summed E-state index contributed by atoms with van der Waals surface area (Å²) in [5.41, 5.74) is -0.204. The maximum Gasteiger partial charge on any atom is 0.466 e. The fourth-order valence-electron chi connectivity index (χ4n) is 2.49. The quantitative estimate of drug-likeness (QED) is 0.535. The summed E-state index contributed by atoms with van der Waals surface area (Å²) >= 11 is 6.65. The Labute approximate surface area is 159 Å². The standard InChI is InChI=1S/C16H21BBr2O5/c1-15(2)16(3,4)24-17(23-15)10(8-13(20)22-5)9-6-11(18)14(21)12(19)7-9/h6-7,10,21H,8H2,1-5H3. The smallest absolute Gasteiger partial charge is 0.466 e. The third-order valence-electron chi connectivity index (χ3n) is 4.68. The lowest BCUT2D eigenvalue weighted by atomic mass is 9.66. The van der Waals surface area contributed by atoms with Crippen LogP contribution in [-0.2, 0) is 18.8 Å². The zero-order valence-corrected chi connectivity index (χ0v) is 17.5. The van der Waals surface area contributed by atoms with Crippen molar-refractivity contribution in [2.75, 3.05) is 7.11 Å². The minimum Gasteiger partial charge on any atom is -0.506 e. The summed E-state index contributed by atoms with van der Waals surface area (Å²) in [6.45, 7) is 7.85. The van der Waals surface area contributed by atoms with E-state index in [0.717, 1.165) is 5.56 Å². The Morgan fingerprint density at radius 2 is 1.67 bits per heavy atom. The highest BCUT2D eigenvalue weighted by Gasteiger charge is 2.54. The van der Waals surface area contributed by atoms with E-state index in [1.54, 1.807) is 12.1 Å². The van der Waals surface area contributed by atoms with Gasteiger partial charge in [0.05, 0.1) is 33.7 Å². The van der Waals surface area contributed by atoms with E-state index in [-0.39, 0.29) is 24.0 Å². The molecule has 1 fully saturated rings. The first-order valence-electron chi connectivity index (χ1n) is 7.59. The van der Waals surface area contributed by atoms with Crippen LogP contribution in [0, 0.1) is 0 Å². The van der Waals surface area contributed by atoms with Gasteiger partial charge in [-0.15, -0.1) is 0 Å². The molecule has 0 amide bonds. The van der Waals surface area contributed by atoms with Crippen molar-refractivity contribution in [2.24, 2.45) is 0 Å². The van der Waals surface area contributed by atoms with E-state index in [4.69, 9.17) is 14.0 Å². The van der Waals surface area contributed by atoms with E-state index >= 15 is 0 Å². The second-order valence-electron chi connectivity index (χ2n) is 6.84. The second-order valence-corrected chi connectivity index (χ2v) is 8.55. The average molecular weight is 464 g/mol. The molecular formula is C16H21BBr2O5. The third-order valence-corrected chi connectivity index (χ3v) is 5.89. The molecule has 0 aliphatic carbocycles. The first-order valence-corrected chi connectivity index (χ1v) is 9.17. The highest BCUT2D eigenvalue weighted by Crippen LogP contribution is 2.43. The van der Waals surface area contributed by atoms with Gasteiger partial charge in [-0.1, -0.05) is 0 Å². The van der Waals surface area contributed by atoms with Crippen molar-refractivity contribution in [1.82, 2.24) is 0 Å². The number of methoxy groups -OCH3 is 1. The monoisotopic (exact) mass is 462 g/mol. The van der Waals surface area contributed by atoms with Crippen molar-refractivity contribution in [3.8, 4) is 5.75 Å². The van der Waals surface area contributed by atoms with Crippen LogP contribution in [0.25, 0.3) is 0 Å². The molecule has 0 spiro atoms. The predicted octanol–water partition coefficient (Wildman–Crippen LogP) is 4.20. The Morgan fingerprint density at radius 1 is 1.21 bits per heavy atom. The van der Waals surface area contributed by atoms with Gasteiger partial charge in [-0.3, -0.25) is 4.79 Å². The Bertz CT molecular complexity index is 608. The topological polar surface area (TPSA) is 65.0 Å². The first-order chi connectivity index (χ1) is 11.0. The molecule has 0 bridgehead atoms. The van der Waals surface area contributed by atoms with E-state index < -0.39 is 18.3 Å². The molecule has 1 aliphatic heterocycles. The van der Waals surface area contributed by atoms with E-state index in [1.165, 1.54) is 7.11 Å². The van der Waals surface area contributed by atoms with Crippen molar-refractivity contribution < 1.29 is 23.9 Å². The molecule has 2 rings (SSSR count). The number of aromatic hydroxyl groups is 1. The van der Waals surface area contributed by atoms with E-state index in [2.05, 4.69) is 31.9 Å². The van der Waals surface area contributed by atoms with Crippen LogP contribution in [0.15, 0.2) is 21.1 Å². The van der Waals surface area contributed by atoms with Crippen LogP contribution in [-0.4, -0.2) is 36.5 Å². The van der Waals surface area contributed by atoms with Gasteiger partial charge < -0.3 is 19.2 Å². The third kappa shape index (κ3) is 3.82. The Hall–Kier alpha value is -0.565. The lowest BCUT2D eigenvalue weighted by Crippen LogP contribution is -2.41. The number of hydrogen-bond acceptors (Lipinski definition) is 5. The maximum atomic E-state index is 11.9. The minimum atomic E-state index is -0.600. The molecule has 0 saturated carbocycles. The van der Waals surface area contributed by atoms with Crippen molar-refractivity contribution in [1.29, 1.82) is 0 Å². The van der Waals surface area contributed by atoms with Gasteiger partial charge in [-0.25, -0.2) is 0 Å². The summed E-state index contributed by atoms with van der Waals surface area (Å²) < 4.78 is 18.1. The lowest BCUT2D eigenvalue weighted by molar-refractivity contribution is -0.140. The van der Waals surface area contributed by atoms with Gasteiger partial charge in [0.2, 0.25) is 0 Å². The molecule has 1 heterocycles. The highest BCUT2D eigenvalue weighted by molar-refractivity contribution is 9.11. The zero-order chi connectivity index (χ0) is 18.3. The van der Waals surface area contributed by atoms with Crippen LogP contribution < -0.4 is 0 Å². The summed E-state index contributed by atoms with van der Waals surface area (Å²) in [7, 11) is 0.754. The van der Waals surface area contributed by atoms with E-state index in [1.807, 2.05) is 27.7 Å². The molecule has 0 radical (unpaired) electrons. The molecule has 1 N–H and O–H groups in total. The van der Waals surface area contributed by atoms with Gasteiger partial charge in [0.1, 0.15) is 5.75 Å². The number of carbonyl (C=O) groups excluding carboxylic acids is 1. The Morgan fingerprint density at radius 3 is 2.08 bits per heavy atom. The van der Waals surface area contributed by atoms with Gasteiger partial charge in [-0.2, -0.15) is 0 Å². The van der Waals surface area contributed by atoms with Crippen LogP contribution in [0.5, 0.6) is 5.75 Å². The van der Waals surface area contributed by atoms with Crippen molar-refractivity contribution >= 4 is 44.9 Å². The largest absolute Gasteiger partial charge is 0.506 e. The average Bonchev–Trinajstić information content (AvgIpc) is 2.69. The van der Waals surface area contributed by atoms with Gasteiger partial charge in [0.15, 0.2) is 0 Å². The summed E-state index contributed by atoms with van der Waals surface area (Å²) in [4.78, 5) is 11.9. The number of benzene rings is 1. The van der Waals surface area contributed by atoms with Gasteiger partial charge >= 0.3 is 13.1 Å². The first kappa shape index (κ1) is 19.8. The Balaban J connectivity index is 2.42. The molecule has 1 saturated heterocycles. The summed E-state index contributed by atoms with van der Waals surface area (Å²) in [5.74, 6) is -0.619. The number of hydrogen-bond donors (Lipinski definition) is 1. The second kappa shape index (κ2) is 6.98. The predicted molar refractivity (Wildman–Crippen MR) is 99.0 cm³/mol. The van der Waals surface area contributed by atoms with Gasteiger partial charge in [0.25, 0.3) is 0 Å². The summed E-state index contributed by atoms with van der Waals surface area (Å²) in [6.07, 6.45) is 0.108. The SMILES string of the molecule is COC(=O)CC(B1OC(C)(C)C(C)(C)O1)c1cc(Br)c(O)c(Br)c1. The minimum absolute atomic E-state index is 0.101. The Kier molecular flexibility index (Phi) is 5.74. The van der Waals surface area contributed by atoms with Crippen LogP contribution in [0.3, 0.4) is 0 Å². The summed E-state index contributed by atoms with van der Waals surface area (Å²) in [5, 5.41) is 9.92. The van der Waals surface area contributed by atoms with E-state index in [0.29, 0.717) is 8.95 Å². The van der Waals surface area contributed by atoms with Crippen LogP contribution >= 0.6 is 31.9 Å². The number of phenols is 1. The van der Waals surface area contributed by atoms with Crippen molar-refractivity contribution in [2.45, 2.75) is 51.1 Å². The fraction of sp³-hybridized carbons (Fsp3) is 0.562. The number of rotatable bonds is 4. The van der Waals surface area contributed by atoms with Crippen LogP contribution in [0.2, 0.25) is 0 Å². The number of halogens is 2. The zero-order valence-electron chi connectivity index (χ0n) is 14.4. The fourth-order valence-corrected chi connectivity index (χ4v) is 3.71. The normalized spacial score (nSPS) is 20.0. The van der Waals surface area contributed by atoms with Crippen LogP contribution in [0.4, 0.5) is 0 Å². The van der Waals surface area contributed by atoms with Crippen molar-refractivity contribution in [3.05, 3.63) is 26.6 Å². The molecule has 0 aromatic heterocycles. The summed E-state index contributed by atoms with van der Waals surface area (Å²) in [6, 6.07) is 3.53. The maximum absolute atomic E-state index is 11.9. The van der Waals surface area contributed by atoms with Gasteiger partial charge in [0, 0.05) is 5.82 Å². The van der Waals surface area contributed by atoms with Crippen LogP contribution in [0.1, 0.15) is 45.5 Å². The van der Waals surface area contributed by atoms with E-state index in [9.17, 15) is 9.90 Å². The highest BCUT2D eigenvalue weighted by atomic mass is 79.9. The van der Waals surface area contributed by atoms with Gasteiger partial charge in [-0.05, 0) is 77.3 Å². The molecule has 24 heavy (non-hydrogen) atoms. The number of ether oxygens (including phenoxy) is 1. The lowest BCUT2D eigenvalue weighted by Gasteiger charge is -2.32. The molecule has 1 atom stereocenters.